The van der Waals surface area contributed by atoms with Crippen LogP contribution in [0.25, 0.3) is 22.4 Å². The zero-order valence-corrected chi connectivity index (χ0v) is 21.8. The van der Waals surface area contributed by atoms with Gasteiger partial charge in [0, 0.05) is 11.3 Å². The molecule has 0 aliphatic rings. The molecule has 176 valence electrons. The molecule has 0 saturated carbocycles. The van der Waals surface area contributed by atoms with Crippen LogP contribution in [-0.4, -0.2) is 15.9 Å². The lowest BCUT2D eigenvalue weighted by Gasteiger charge is -2.27. The van der Waals surface area contributed by atoms with E-state index in [0.29, 0.717) is 27.0 Å². The monoisotopic (exact) mass is 493 g/mol. The highest BCUT2D eigenvalue weighted by Gasteiger charge is 2.23. The fourth-order valence-corrected chi connectivity index (χ4v) is 4.53. The second-order valence-electron chi connectivity index (χ2n) is 10.6. The number of halogens is 2. The predicted octanol–water partition coefficient (Wildman–Crippen LogP) is 8.38. The van der Waals surface area contributed by atoms with E-state index in [0.717, 1.165) is 22.3 Å². The number of nitrogens with zero attached hydrogens (tertiary/aromatic N) is 1. The van der Waals surface area contributed by atoms with Gasteiger partial charge in [0.05, 0.1) is 26.6 Å². The number of hydrogen-bond donors (Lipinski definition) is 2. The topological polar surface area (TPSA) is 57.8 Å². The van der Waals surface area contributed by atoms with E-state index in [9.17, 15) is 4.79 Å². The lowest BCUT2D eigenvalue weighted by molar-refractivity contribution is 0.102. The van der Waals surface area contributed by atoms with Gasteiger partial charge in [-0.05, 0) is 58.4 Å². The third-order valence-corrected chi connectivity index (χ3v) is 6.52. The number of aromatic amines is 1. The molecule has 34 heavy (non-hydrogen) atoms. The van der Waals surface area contributed by atoms with Gasteiger partial charge in [0.15, 0.2) is 0 Å². The van der Waals surface area contributed by atoms with Crippen LogP contribution in [0.2, 0.25) is 10.0 Å². The Morgan fingerprint density at radius 3 is 2.18 bits per heavy atom. The Labute approximate surface area is 210 Å². The maximum Gasteiger partial charge on any atom is 0.255 e. The summed E-state index contributed by atoms with van der Waals surface area (Å²) in [5.41, 5.74) is 5.59. The fraction of sp³-hybridized carbons (Fsp3) is 0.286. The third-order valence-electron chi connectivity index (χ3n) is 5.89. The summed E-state index contributed by atoms with van der Waals surface area (Å²) >= 11 is 12.7. The Bertz CT molecular complexity index is 1370. The SMILES string of the molecule is CC(C)(C)c1ccc(C(C)(C)C)c(NC(=O)c2ccc3nc(-c4c(Cl)cccc4Cl)[nH]c3c2)c1. The molecule has 0 fully saturated rings. The van der Waals surface area contributed by atoms with Crippen LogP contribution in [0.15, 0.2) is 54.6 Å². The predicted molar refractivity (Wildman–Crippen MR) is 143 cm³/mol. The average molecular weight is 494 g/mol. The van der Waals surface area contributed by atoms with Crippen molar-refractivity contribution in [3.63, 3.8) is 0 Å². The second kappa shape index (κ2) is 8.75. The van der Waals surface area contributed by atoms with Gasteiger partial charge in [-0.1, -0.05) is 82.9 Å². The minimum atomic E-state index is -0.176. The molecule has 0 atom stereocenters. The first-order chi connectivity index (χ1) is 15.8. The van der Waals surface area contributed by atoms with Crippen LogP contribution < -0.4 is 5.32 Å². The van der Waals surface area contributed by atoms with Crippen LogP contribution in [0.1, 0.15) is 63.0 Å². The zero-order chi connectivity index (χ0) is 24.8. The summed E-state index contributed by atoms with van der Waals surface area (Å²) in [5, 5.41) is 4.18. The van der Waals surface area contributed by atoms with Gasteiger partial charge in [0.1, 0.15) is 5.82 Å². The number of hydrogen-bond acceptors (Lipinski definition) is 2. The maximum absolute atomic E-state index is 13.3. The van der Waals surface area contributed by atoms with Crippen LogP contribution in [0.3, 0.4) is 0 Å². The minimum Gasteiger partial charge on any atom is -0.338 e. The molecule has 0 radical (unpaired) electrons. The van der Waals surface area contributed by atoms with Gasteiger partial charge in [-0.3, -0.25) is 4.79 Å². The molecule has 4 nitrogen and oxygen atoms in total. The van der Waals surface area contributed by atoms with Crippen molar-refractivity contribution in [2.75, 3.05) is 5.32 Å². The first-order valence-corrected chi connectivity index (χ1v) is 12.0. The van der Waals surface area contributed by atoms with Crippen LogP contribution in [0.5, 0.6) is 0 Å². The molecular formula is C28H29Cl2N3O. The minimum absolute atomic E-state index is 0.0267. The molecule has 4 aromatic rings. The first kappa shape index (κ1) is 24.3. The van der Waals surface area contributed by atoms with Gasteiger partial charge in [0.25, 0.3) is 5.91 Å². The molecule has 1 aromatic heterocycles. The summed E-state index contributed by atoms with van der Waals surface area (Å²) < 4.78 is 0. The van der Waals surface area contributed by atoms with Crippen molar-refractivity contribution in [1.29, 1.82) is 0 Å². The number of carbonyl (C=O) groups excluding carboxylic acids is 1. The standard InChI is InChI=1S/C28H29Cl2N3O/c1-27(2,3)17-11-12-18(28(4,5)6)22(15-17)33-26(34)16-10-13-21-23(14-16)32-25(31-21)24-19(29)8-7-9-20(24)30/h7-15H,1-6H3,(H,31,32)(H,33,34). The third kappa shape index (κ3) is 4.84. The molecule has 2 N–H and O–H groups in total. The van der Waals surface area contributed by atoms with Crippen molar-refractivity contribution in [1.82, 2.24) is 9.97 Å². The van der Waals surface area contributed by atoms with Crippen molar-refractivity contribution in [2.24, 2.45) is 0 Å². The molecule has 0 spiro atoms. The fourth-order valence-electron chi connectivity index (χ4n) is 3.96. The highest BCUT2D eigenvalue weighted by Crippen LogP contribution is 2.35. The molecule has 0 saturated heterocycles. The molecule has 0 unspecified atom stereocenters. The molecular weight excluding hydrogens is 465 g/mol. The van der Waals surface area contributed by atoms with E-state index in [1.54, 1.807) is 30.3 Å². The molecule has 0 aliphatic heterocycles. The normalized spacial score (nSPS) is 12.2. The molecule has 0 aliphatic carbocycles. The Morgan fingerprint density at radius 1 is 0.882 bits per heavy atom. The molecule has 3 aromatic carbocycles. The van der Waals surface area contributed by atoms with Crippen molar-refractivity contribution in [2.45, 2.75) is 52.4 Å². The van der Waals surface area contributed by atoms with Crippen molar-refractivity contribution >= 4 is 45.8 Å². The largest absolute Gasteiger partial charge is 0.338 e. The Morgan fingerprint density at radius 2 is 1.56 bits per heavy atom. The number of benzene rings is 3. The van der Waals surface area contributed by atoms with Gasteiger partial charge in [-0.2, -0.15) is 0 Å². The first-order valence-electron chi connectivity index (χ1n) is 11.2. The molecule has 6 heteroatoms. The molecule has 0 bridgehead atoms. The number of fused-ring (bicyclic) bond motifs is 1. The number of aromatic nitrogens is 2. The van der Waals surface area contributed by atoms with Crippen molar-refractivity contribution in [3.05, 3.63) is 81.3 Å². The van der Waals surface area contributed by atoms with Gasteiger partial charge in [-0.15, -0.1) is 0 Å². The Balaban J connectivity index is 1.70. The summed E-state index contributed by atoms with van der Waals surface area (Å²) in [6.45, 7) is 12.9. The van der Waals surface area contributed by atoms with Gasteiger partial charge >= 0.3 is 0 Å². The number of rotatable bonds is 3. The molecule has 1 amide bonds. The lowest BCUT2D eigenvalue weighted by Crippen LogP contribution is -2.20. The second-order valence-corrected chi connectivity index (χ2v) is 11.4. The average Bonchev–Trinajstić information content (AvgIpc) is 3.14. The van der Waals surface area contributed by atoms with Crippen LogP contribution in [0.4, 0.5) is 5.69 Å². The summed E-state index contributed by atoms with van der Waals surface area (Å²) in [6.07, 6.45) is 0. The quantitative estimate of drug-likeness (QED) is 0.301. The van der Waals surface area contributed by atoms with Crippen LogP contribution >= 0.6 is 23.2 Å². The van der Waals surface area contributed by atoms with Gasteiger partial charge in [-0.25, -0.2) is 4.98 Å². The van der Waals surface area contributed by atoms with Crippen LogP contribution in [-0.2, 0) is 10.8 Å². The Kier molecular flexibility index (Phi) is 6.26. The van der Waals surface area contributed by atoms with E-state index in [4.69, 9.17) is 23.2 Å². The van der Waals surface area contributed by atoms with Crippen LogP contribution in [0, 0.1) is 0 Å². The number of carbonyl (C=O) groups is 1. The maximum atomic E-state index is 13.3. The highest BCUT2D eigenvalue weighted by molar-refractivity contribution is 6.39. The summed E-state index contributed by atoms with van der Waals surface area (Å²) in [4.78, 5) is 21.2. The number of nitrogens with one attached hydrogen (secondary N) is 2. The summed E-state index contributed by atoms with van der Waals surface area (Å²) in [6, 6.07) is 17.1. The molecule has 1 heterocycles. The number of imidazole rings is 1. The Hall–Kier alpha value is -2.82. The number of H-pyrrole nitrogens is 1. The number of anilines is 1. The zero-order valence-electron chi connectivity index (χ0n) is 20.3. The lowest BCUT2D eigenvalue weighted by atomic mass is 9.81. The van der Waals surface area contributed by atoms with Crippen molar-refractivity contribution in [3.8, 4) is 11.4 Å². The van der Waals surface area contributed by atoms with Gasteiger partial charge < -0.3 is 10.3 Å². The van der Waals surface area contributed by atoms with E-state index in [-0.39, 0.29) is 16.7 Å². The highest BCUT2D eigenvalue weighted by atomic mass is 35.5. The smallest absolute Gasteiger partial charge is 0.255 e. The van der Waals surface area contributed by atoms with E-state index < -0.39 is 0 Å². The summed E-state index contributed by atoms with van der Waals surface area (Å²) in [7, 11) is 0. The van der Waals surface area contributed by atoms with E-state index in [1.165, 1.54) is 5.56 Å². The molecule has 4 rings (SSSR count). The summed E-state index contributed by atoms with van der Waals surface area (Å²) in [5.74, 6) is 0.390. The van der Waals surface area contributed by atoms with Gasteiger partial charge in [0.2, 0.25) is 0 Å². The van der Waals surface area contributed by atoms with E-state index in [1.807, 2.05) is 6.07 Å². The number of amides is 1. The van der Waals surface area contributed by atoms with E-state index >= 15 is 0 Å². The van der Waals surface area contributed by atoms with Crippen molar-refractivity contribution < 1.29 is 4.79 Å². The van der Waals surface area contributed by atoms with E-state index in [2.05, 4.69) is 75.0 Å².